The van der Waals surface area contributed by atoms with Crippen LogP contribution in [0.5, 0.6) is 0 Å². The highest BCUT2D eigenvalue weighted by Crippen LogP contribution is 2.38. The first-order valence-electron chi connectivity index (χ1n) is 11.4. The minimum atomic E-state index is -0.765. The molecule has 0 bridgehead atoms. The molecule has 0 aliphatic carbocycles. The number of para-hydroxylation sites is 1. The molecule has 0 aromatic heterocycles. The zero-order chi connectivity index (χ0) is 25.2. The Morgan fingerprint density at radius 2 is 1.86 bits per heavy atom. The molecule has 2 atom stereocenters. The lowest BCUT2D eigenvalue weighted by Crippen LogP contribution is -2.25. The third kappa shape index (κ3) is 5.06. The molecule has 36 heavy (non-hydrogen) atoms. The van der Waals surface area contributed by atoms with Crippen molar-refractivity contribution in [2.24, 2.45) is 10.1 Å². The van der Waals surface area contributed by atoms with Gasteiger partial charge in [0, 0.05) is 12.8 Å². The van der Waals surface area contributed by atoms with E-state index >= 15 is 0 Å². The van der Waals surface area contributed by atoms with Gasteiger partial charge in [0.2, 0.25) is 5.91 Å². The van der Waals surface area contributed by atoms with Crippen LogP contribution >= 0.6 is 11.8 Å². The van der Waals surface area contributed by atoms with Crippen LogP contribution in [0.25, 0.3) is 0 Å². The quantitative estimate of drug-likeness (QED) is 0.501. The Hall–Kier alpha value is -3.85. The van der Waals surface area contributed by atoms with Gasteiger partial charge in [0.05, 0.1) is 17.4 Å². The van der Waals surface area contributed by atoms with E-state index < -0.39 is 22.9 Å². The monoisotopic (exact) mass is 504 g/mol. The number of thioether (sulfide) groups is 1. The lowest BCUT2D eigenvalue weighted by atomic mass is 9.98. The van der Waals surface area contributed by atoms with Crippen LogP contribution in [0.15, 0.2) is 82.9 Å². The molecule has 2 unspecified atom stereocenters. The second kappa shape index (κ2) is 10.0. The predicted octanol–water partition coefficient (Wildman–Crippen LogP) is 5.45. The Bertz CT molecular complexity index is 1390. The van der Waals surface area contributed by atoms with Crippen LogP contribution in [-0.4, -0.2) is 33.0 Å². The molecule has 2 aliphatic heterocycles. The number of amides is 2. The number of hydrazone groups is 1. The summed E-state index contributed by atoms with van der Waals surface area (Å²) in [5, 5.41) is 8.48. The highest BCUT2D eigenvalue weighted by Gasteiger charge is 2.39. The first kappa shape index (κ1) is 23.9. The zero-order valence-electron chi connectivity index (χ0n) is 19.3. The highest BCUT2D eigenvalue weighted by molar-refractivity contribution is 8.15. The number of aliphatic imine (C=N–C) groups is 1. The Morgan fingerprint density at radius 1 is 1.08 bits per heavy atom. The van der Waals surface area contributed by atoms with Crippen molar-refractivity contribution in [2.75, 3.05) is 5.32 Å². The van der Waals surface area contributed by atoms with Gasteiger partial charge in [-0.2, -0.15) is 10.1 Å². The fraction of sp³-hybridized carbons (Fsp3) is 0.185. The van der Waals surface area contributed by atoms with Crippen molar-refractivity contribution in [2.45, 2.75) is 31.1 Å². The normalized spacial score (nSPS) is 19.3. The van der Waals surface area contributed by atoms with E-state index in [2.05, 4.69) is 10.3 Å². The summed E-state index contributed by atoms with van der Waals surface area (Å²) in [7, 11) is 0. The Labute approximate surface area is 211 Å². The minimum Gasteiger partial charge on any atom is -0.324 e. The van der Waals surface area contributed by atoms with Gasteiger partial charge < -0.3 is 5.32 Å². The number of carbonyl (C=O) groups excluding carboxylic acids is 2. The molecule has 182 valence electrons. The molecule has 3 aromatic carbocycles. The summed E-state index contributed by atoms with van der Waals surface area (Å²) >= 11 is 1.13. The number of carbonyl (C=O) groups is 2. The highest BCUT2D eigenvalue weighted by atomic mass is 32.2. The Morgan fingerprint density at radius 3 is 2.61 bits per heavy atom. The number of benzene rings is 3. The number of amidine groups is 1. The van der Waals surface area contributed by atoms with Gasteiger partial charge in [-0.3, -0.25) is 9.59 Å². The summed E-state index contributed by atoms with van der Waals surface area (Å²) in [5.74, 6) is -1.87. The molecule has 3 aromatic rings. The van der Waals surface area contributed by atoms with E-state index in [1.165, 1.54) is 30.3 Å². The summed E-state index contributed by atoms with van der Waals surface area (Å²) in [6.45, 7) is 2.00. The summed E-state index contributed by atoms with van der Waals surface area (Å²) in [4.78, 5) is 29.4. The first-order chi connectivity index (χ1) is 17.4. The smallest absolute Gasteiger partial charge is 0.262 e. The number of hydrogen-bond acceptors (Lipinski definition) is 5. The van der Waals surface area contributed by atoms with Gasteiger partial charge in [-0.1, -0.05) is 65.9 Å². The molecule has 9 heteroatoms. The van der Waals surface area contributed by atoms with E-state index in [1.54, 1.807) is 17.1 Å². The molecular weight excluding hydrogens is 482 g/mol. The molecule has 2 heterocycles. The SMILES string of the molecule is Cc1ccc(C2=NN(C3=NC(=O)C(CC(=O)Nc4ccccc4F)S3)C(c3cccc(F)c3)C2)cc1. The van der Waals surface area contributed by atoms with Crippen molar-refractivity contribution < 1.29 is 18.4 Å². The van der Waals surface area contributed by atoms with Gasteiger partial charge in [0.15, 0.2) is 5.17 Å². The molecule has 5 rings (SSSR count). The number of aryl methyl sites for hydroxylation is 1. The summed E-state index contributed by atoms with van der Waals surface area (Å²) in [6.07, 6.45) is 0.330. The van der Waals surface area contributed by atoms with Gasteiger partial charge >= 0.3 is 0 Å². The van der Waals surface area contributed by atoms with Gasteiger partial charge in [0.25, 0.3) is 5.91 Å². The Kier molecular flexibility index (Phi) is 6.65. The fourth-order valence-electron chi connectivity index (χ4n) is 4.12. The second-order valence-electron chi connectivity index (χ2n) is 8.60. The van der Waals surface area contributed by atoms with Crippen molar-refractivity contribution in [1.82, 2.24) is 5.01 Å². The molecule has 0 fully saturated rings. The van der Waals surface area contributed by atoms with E-state index in [1.807, 2.05) is 37.3 Å². The van der Waals surface area contributed by atoms with Crippen molar-refractivity contribution in [3.63, 3.8) is 0 Å². The van der Waals surface area contributed by atoms with E-state index in [4.69, 9.17) is 5.10 Å². The van der Waals surface area contributed by atoms with Crippen LogP contribution in [0.1, 0.15) is 35.6 Å². The third-order valence-electron chi connectivity index (χ3n) is 5.97. The number of anilines is 1. The molecular formula is C27H22F2N4O2S. The lowest BCUT2D eigenvalue weighted by Gasteiger charge is -2.23. The van der Waals surface area contributed by atoms with Crippen molar-refractivity contribution in [3.05, 3.63) is 101 Å². The van der Waals surface area contributed by atoms with Crippen LogP contribution in [-0.2, 0) is 9.59 Å². The van der Waals surface area contributed by atoms with E-state index in [0.717, 1.165) is 28.6 Å². The second-order valence-corrected chi connectivity index (χ2v) is 9.77. The van der Waals surface area contributed by atoms with Crippen LogP contribution in [0.3, 0.4) is 0 Å². The van der Waals surface area contributed by atoms with Crippen molar-refractivity contribution >= 4 is 40.1 Å². The van der Waals surface area contributed by atoms with Gasteiger partial charge in [-0.25, -0.2) is 13.8 Å². The van der Waals surface area contributed by atoms with Gasteiger partial charge in [-0.15, -0.1) is 0 Å². The Balaban J connectivity index is 1.36. The molecule has 6 nitrogen and oxygen atoms in total. The van der Waals surface area contributed by atoms with Gasteiger partial charge in [0.1, 0.15) is 16.9 Å². The molecule has 0 saturated carbocycles. The molecule has 0 saturated heterocycles. The lowest BCUT2D eigenvalue weighted by molar-refractivity contribution is -0.121. The average Bonchev–Trinajstić information content (AvgIpc) is 3.45. The maximum Gasteiger partial charge on any atom is 0.262 e. The predicted molar refractivity (Wildman–Crippen MR) is 137 cm³/mol. The van der Waals surface area contributed by atoms with Crippen LogP contribution in [0, 0.1) is 18.6 Å². The number of halogens is 2. The molecule has 0 spiro atoms. The molecule has 0 radical (unpaired) electrons. The third-order valence-corrected chi connectivity index (χ3v) is 7.11. The topological polar surface area (TPSA) is 74.1 Å². The van der Waals surface area contributed by atoms with Crippen LogP contribution < -0.4 is 5.32 Å². The first-order valence-corrected chi connectivity index (χ1v) is 12.3. The summed E-state index contributed by atoms with van der Waals surface area (Å²) in [5.41, 5.74) is 3.60. The summed E-state index contributed by atoms with van der Waals surface area (Å²) in [6, 6.07) is 19.7. The molecule has 2 amide bonds. The van der Waals surface area contributed by atoms with Crippen molar-refractivity contribution in [3.8, 4) is 0 Å². The molecule has 1 N–H and O–H groups in total. The number of nitrogens with zero attached hydrogens (tertiary/aromatic N) is 3. The van der Waals surface area contributed by atoms with E-state index in [9.17, 15) is 18.4 Å². The number of rotatable bonds is 5. The molecule has 2 aliphatic rings. The standard InChI is InChI=1S/C27H22F2N4O2S/c1-16-9-11-17(12-10-16)22-14-23(18-5-4-6-19(28)13-18)33(32-22)27-31-26(35)24(36-27)15-25(34)30-21-8-3-2-7-20(21)29/h2-13,23-24H,14-15H2,1H3,(H,30,34). The minimum absolute atomic E-state index is 0.0529. The summed E-state index contributed by atoms with van der Waals surface area (Å²) < 4.78 is 27.9. The van der Waals surface area contributed by atoms with E-state index in [0.29, 0.717) is 17.2 Å². The largest absolute Gasteiger partial charge is 0.324 e. The number of hydrogen-bond donors (Lipinski definition) is 1. The zero-order valence-corrected chi connectivity index (χ0v) is 20.1. The number of nitrogens with one attached hydrogen (secondary N) is 1. The van der Waals surface area contributed by atoms with Crippen LogP contribution in [0.4, 0.5) is 14.5 Å². The van der Waals surface area contributed by atoms with E-state index in [-0.39, 0.29) is 24.0 Å². The maximum absolute atomic E-state index is 14.0. The van der Waals surface area contributed by atoms with Crippen LogP contribution in [0.2, 0.25) is 0 Å². The average molecular weight is 505 g/mol. The fourth-order valence-corrected chi connectivity index (χ4v) is 5.18. The van der Waals surface area contributed by atoms with Crippen molar-refractivity contribution in [1.29, 1.82) is 0 Å². The maximum atomic E-state index is 14.0. The van der Waals surface area contributed by atoms with Gasteiger partial charge in [-0.05, 0) is 42.3 Å².